The maximum Gasteiger partial charge on any atom is 0.272 e. The molecule has 0 spiro atoms. The van der Waals surface area contributed by atoms with Crippen molar-refractivity contribution in [1.82, 2.24) is 4.98 Å². The lowest BCUT2D eigenvalue weighted by Crippen LogP contribution is -2.11. The van der Waals surface area contributed by atoms with Gasteiger partial charge in [-0.15, -0.1) is 0 Å². The van der Waals surface area contributed by atoms with Gasteiger partial charge in [0.25, 0.3) is 5.91 Å². The van der Waals surface area contributed by atoms with Crippen LogP contribution in [-0.4, -0.2) is 18.0 Å². The highest BCUT2D eigenvalue weighted by molar-refractivity contribution is 9.10. The lowest BCUT2D eigenvalue weighted by molar-refractivity contribution is 0.102. The smallest absolute Gasteiger partial charge is 0.272 e. The first-order chi connectivity index (χ1) is 8.19. The summed E-state index contributed by atoms with van der Waals surface area (Å²) < 4.78 is 5.88. The van der Waals surface area contributed by atoms with E-state index in [2.05, 4.69) is 26.2 Å². The number of carbonyl (C=O) groups excluding carboxylic acids is 1. The Morgan fingerprint density at radius 3 is 2.59 bits per heavy atom. The zero-order chi connectivity index (χ0) is 12.3. The van der Waals surface area contributed by atoms with Crippen LogP contribution in [0.1, 0.15) is 10.5 Å². The molecule has 0 bridgehead atoms. The third-order valence-electron chi connectivity index (χ3n) is 2.24. The minimum atomic E-state index is -0.180. The second-order valence-electron chi connectivity index (χ2n) is 3.41. The van der Waals surface area contributed by atoms with Gasteiger partial charge in [0.2, 0.25) is 0 Å². The summed E-state index contributed by atoms with van der Waals surface area (Å²) in [5, 5.41) is 2.78. The number of hydrogen-bond donors (Lipinski definition) is 2. The summed E-state index contributed by atoms with van der Waals surface area (Å²) in [6, 6.07) is 8.88. The van der Waals surface area contributed by atoms with E-state index in [4.69, 9.17) is 4.74 Å². The average Bonchev–Trinajstić information content (AvgIpc) is 2.77. The van der Waals surface area contributed by atoms with Crippen LogP contribution in [-0.2, 0) is 0 Å². The molecule has 0 atom stereocenters. The highest BCUT2D eigenvalue weighted by Crippen LogP contribution is 2.16. The van der Waals surface area contributed by atoms with Crippen molar-refractivity contribution in [1.29, 1.82) is 0 Å². The predicted octanol–water partition coefficient (Wildman–Crippen LogP) is 3.04. The van der Waals surface area contributed by atoms with E-state index < -0.39 is 0 Å². The fourth-order valence-corrected chi connectivity index (χ4v) is 1.72. The van der Waals surface area contributed by atoms with Crippen LogP contribution in [0.3, 0.4) is 0 Å². The third-order valence-corrected chi connectivity index (χ3v) is 2.70. The second-order valence-corrected chi connectivity index (χ2v) is 4.33. The molecule has 1 heterocycles. The molecule has 0 aliphatic rings. The summed E-state index contributed by atoms with van der Waals surface area (Å²) in [7, 11) is 1.60. The third kappa shape index (κ3) is 2.88. The van der Waals surface area contributed by atoms with E-state index in [1.807, 2.05) is 0 Å². The Morgan fingerprint density at radius 1 is 1.35 bits per heavy atom. The number of amides is 1. The van der Waals surface area contributed by atoms with Crippen LogP contribution in [0.25, 0.3) is 0 Å². The minimum Gasteiger partial charge on any atom is -0.497 e. The van der Waals surface area contributed by atoms with E-state index in [-0.39, 0.29) is 5.91 Å². The molecule has 0 saturated heterocycles. The first-order valence-corrected chi connectivity index (χ1v) is 5.77. The van der Waals surface area contributed by atoms with Gasteiger partial charge in [0, 0.05) is 16.4 Å². The summed E-state index contributed by atoms with van der Waals surface area (Å²) in [5.41, 5.74) is 1.23. The Labute approximate surface area is 107 Å². The minimum absolute atomic E-state index is 0.180. The number of ether oxygens (including phenoxy) is 1. The average molecular weight is 295 g/mol. The van der Waals surface area contributed by atoms with Gasteiger partial charge in [0.15, 0.2) is 0 Å². The number of methoxy groups -OCH3 is 1. The summed E-state index contributed by atoms with van der Waals surface area (Å²) in [6.45, 7) is 0. The lowest BCUT2D eigenvalue weighted by Gasteiger charge is -2.04. The number of hydrogen-bond acceptors (Lipinski definition) is 2. The first-order valence-electron chi connectivity index (χ1n) is 4.98. The SMILES string of the molecule is COc1ccc(NC(=O)c2cc(Br)c[nH]2)cc1. The molecule has 1 amide bonds. The number of H-pyrrole nitrogens is 1. The van der Waals surface area contributed by atoms with Gasteiger partial charge in [-0.05, 0) is 46.3 Å². The van der Waals surface area contributed by atoms with Crippen LogP contribution in [0.5, 0.6) is 5.75 Å². The van der Waals surface area contributed by atoms with Gasteiger partial charge < -0.3 is 15.0 Å². The zero-order valence-electron chi connectivity index (χ0n) is 9.16. The molecule has 0 aliphatic carbocycles. The van der Waals surface area contributed by atoms with Crippen molar-refractivity contribution in [3.05, 3.63) is 46.7 Å². The number of aromatic nitrogens is 1. The predicted molar refractivity (Wildman–Crippen MR) is 69.4 cm³/mol. The van der Waals surface area contributed by atoms with E-state index in [0.29, 0.717) is 5.69 Å². The van der Waals surface area contributed by atoms with Gasteiger partial charge in [-0.3, -0.25) is 4.79 Å². The molecule has 2 rings (SSSR count). The lowest BCUT2D eigenvalue weighted by atomic mass is 10.3. The van der Waals surface area contributed by atoms with Crippen molar-refractivity contribution < 1.29 is 9.53 Å². The normalized spacial score (nSPS) is 10.0. The van der Waals surface area contributed by atoms with Gasteiger partial charge in [-0.1, -0.05) is 0 Å². The molecule has 17 heavy (non-hydrogen) atoms. The molecular formula is C12H11BrN2O2. The van der Waals surface area contributed by atoms with Gasteiger partial charge in [0.05, 0.1) is 7.11 Å². The summed E-state index contributed by atoms with van der Waals surface area (Å²) in [6.07, 6.45) is 1.71. The van der Waals surface area contributed by atoms with Crippen LogP contribution in [0.2, 0.25) is 0 Å². The van der Waals surface area contributed by atoms with Gasteiger partial charge in [0.1, 0.15) is 11.4 Å². The second kappa shape index (κ2) is 5.05. The van der Waals surface area contributed by atoms with Crippen molar-refractivity contribution in [3.63, 3.8) is 0 Å². The molecule has 1 aromatic carbocycles. The van der Waals surface area contributed by atoms with Crippen LogP contribution < -0.4 is 10.1 Å². The number of carbonyl (C=O) groups is 1. The van der Waals surface area contributed by atoms with Crippen LogP contribution in [0.15, 0.2) is 41.0 Å². The highest BCUT2D eigenvalue weighted by Gasteiger charge is 2.07. The van der Waals surface area contributed by atoms with Gasteiger partial charge >= 0.3 is 0 Å². The highest BCUT2D eigenvalue weighted by atomic mass is 79.9. The van der Waals surface area contributed by atoms with Crippen molar-refractivity contribution in [2.24, 2.45) is 0 Å². The Bertz CT molecular complexity index is 520. The number of aromatic amines is 1. The van der Waals surface area contributed by atoms with Crippen LogP contribution in [0.4, 0.5) is 5.69 Å². The fourth-order valence-electron chi connectivity index (χ4n) is 1.37. The van der Waals surface area contributed by atoms with Gasteiger partial charge in [-0.25, -0.2) is 0 Å². The quantitative estimate of drug-likeness (QED) is 0.914. The van der Waals surface area contributed by atoms with Crippen LogP contribution >= 0.6 is 15.9 Å². The van der Waals surface area contributed by atoms with E-state index in [0.717, 1.165) is 15.9 Å². The summed E-state index contributed by atoms with van der Waals surface area (Å²) in [4.78, 5) is 14.7. The first kappa shape index (κ1) is 11.7. The molecule has 0 radical (unpaired) electrons. The number of anilines is 1. The Morgan fingerprint density at radius 2 is 2.06 bits per heavy atom. The zero-order valence-corrected chi connectivity index (χ0v) is 10.7. The number of rotatable bonds is 3. The molecule has 2 aromatic rings. The maximum atomic E-state index is 11.8. The molecule has 0 unspecified atom stereocenters. The van der Waals surface area contributed by atoms with Crippen LogP contribution in [0, 0.1) is 0 Å². The van der Waals surface area contributed by atoms with E-state index >= 15 is 0 Å². The van der Waals surface area contributed by atoms with E-state index in [9.17, 15) is 4.79 Å². The number of benzene rings is 1. The van der Waals surface area contributed by atoms with Crippen molar-refractivity contribution in [2.75, 3.05) is 12.4 Å². The largest absolute Gasteiger partial charge is 0.497 e. The molecule has 88 valence electrons. The van der Waals surface area contributed by atoms with Crippen molar-refractivity contribution in [3.8, 4) is 5.75 Å². The van der Waals surface area contributed by atoms with E-state index in [1.54, 1.807) is 43.6 Å². The van der Waals surface area contributed by atoms with Crippen molar-refractivity contribution in [2.45, 2.75) is 0 Å². The molecule has 0 fully saturated rings. The fraction of sp³-hybridized carbons (Fsp3) is 0.0833. The standard InChI is InChI=1S/C12H11BrN2O2/c1-17-10-4-2-9(3-5-10)15-12(16)11-6-8(13)7-14-11/h2-7,14H,1H3,(H,15,16). The molecule has 0 saturated carbocycles. The summed E-state index contributed by atoms with van der Waals surface area (Å²) >= 11 is 3.28. The Hall–Kier alpha value is -1.75. The van der Waals surface area contributed by atoms with Crippen molar-refractivity contribution >= 4 is 27.5 Å². The molecule has 0 aliphatic heterocycles. The summed E-state index contributed by atoms with van der Waals surface area (Å²) in [5.74, 6) is 0.575. The topological polar surface area (TPSA) is 54.1 Å². The van der Waals surface area contributed by atoms with E-state index in [1.165, 1.54) is 0 Å². The monoisotopic (exact) mass is 294 g/mol. The molecule has 1 aromatic heterocycles. The molecule has 2 N–H and O–H groups in total. The molecule has 4 nitrogen and oxygen atoms in total. The molecular weight excluding hydrogens is 284 g/mol. The molecule has 5 heteroatoms. The Kier molecular flexibility index (Phi) is 3.49. The van der Waals surface area contributed by atoms with Gasteiger partial charge in [-0.2, -0.15) is 0 Å². The maximum absolute atomic E-state index is 11.8. The number of halogens is 1. The Balaban J connectivity index is 2.07. The number of nitrogens with one attached hydrogen (secondary N) is 2.